The summed E-state index contributed by atoms with van der Waals surface area (Å²) in [5, 5.41) is 42.4. The van der Waals surface area contributed by atoms with Gasteiger partial charge in [0.2, 0.25) is 0 Å². The van der Waals surface area contributed by atoms with Gasteiger partial charge in [-0.1, -0.05) is 38.5 Å². The zero-order valence-electron chi connectivity index (χ0n) is 18.8. The lowest BCUT2D eigenvalue weighted by Gasteiger charge is -2.29. The van der Waals surface area contributed by atoms with Crippen LogP contribution in [0.2, 0.25) is 0 Å². The smallest absolute Gasteiger partial charge is 0.329 e. The van der Waals surface area contributed by atoms with E-state index in [-0.39, 0.29) is 17.1 Å². The lowest BCUT2D eigenvalue weighted by molar-refractivity contribution is -0.399. The molecule has 1 saturated heterocycles. The van der Waals surface area contributed by atoms with Gasteiger partial charge in [0.25, 0.3) is 0 Å². The van der Waals surface area contributed by atoms with E-state index in [0.717, 1.165) is 57.8 Å². The molecule has 2 N–H and O–H groups in total. The molecule has 0 spiro atoms. The molecule has 1 aromatic rings. The van der Waals surface area contributed by atoms with Gasteiger partial charge in [0.05, 0.1) is 14.8 Å². The Morgan fingerprint density at radius 3 is 1.30 bits per heavy atom. The van der Waals surface area contributed by atoms with E-state index in [1.54, 1.807) is 4.90 Å². The number of anilines is 3. The van der Waals surface area contributed by atoms with Crippen molar-refractivity contribution in [2.45, 2.75) is 70.6 Å². The third-order valence-corrected chi connectivity index (χ3v) is 6.32. The van der Waals surface area contributed by atoms with Crippen molar-refractivity contribution in [1.82, 2.24) is 0 Å². The van der Waals surface area contributed by atoms with Gasteiger partial charge in [-0.25, -0.2) is 0 Å². The summed E-state index contributed by atoms with van der Waals surface area (Å²) in [6.07, 6.45) is 9.92. The van der Waals surface area contributed by atoms with E-state index in [4.69, 9.17) is 0 Å². The lowest BCUT2D eigenvalue weighted by Crippen LogP contribution is -2.31. The van der Waals surface area contributed by atoms with Crippen LogP contribution >= 0.6 is 0 Å². The molecule has 2 aliphatic heterocycles. The molecule has 2 bridgehead atoms. The average Bonchev–Trinajstić information content (AvgIpc) is 2.78. The number of rotatable bonds is 4. The summed E-state index contributed by atoms with van der Waals surface area (Å²) in [5.41, 5.74) is -2.40. The number of hydrogen-bond acceptors (Lipinski definition) is 9. The topological polar surface area (TPSA) is 157 Å². The van der Waals surface area contributed by atoms with Gasteiger partial charge in [0.15, 0.2) is 17.1 Å². The van der Waals surface area contributed by atoms with E-state index in [1.165, 1.54) is 0 Å². The minimum Gasteiger partial charge on any atom is -0.374 e. The fraction of sp³-hybridized carbons (Fsp3) is 0.714. The number of nitro benzene ring substituents is 3. The molecule has 33 heavy (non-hydrogen) atoms. The molecule has 0 radical (unpaired) electrons. The first-order chi connectivity index (χ1) is 15.9. The Bertz CT molecular complexity index is 833. The van der Waals surface area contributed by atoms with E-state index >= 15 is 0 Å². The standard InChI is InChI=1S/C21H32N6O6/c28-25(29)18-16-19(26(30)31)21(24-14-10-7-11-15-24)20(27(32)33)17(18)23-13-9-6-4-2-1-3-5-8-12-22-16/h22-23H,1-15H2. The van der Waals surface area contributed by atoms with Crippen LogP contribution < -0.4 is 15.5 Å². The average molecular weight is 465 g/mol. The maximum absolute atomic E-state index is 12.2. The maximum atomic E-state index is 12.2. The van der Waals surface area contributed by atoms with Gasteiger partial charge < -0.3 is 15.5 Å². The molecule has 1 fully saturated rings. The summed E-state index contributed by atoms with van der Waals surface area (Å²) >= 11 is 0. The Morgan fingerprint density at radius 2 is 0.909 bits per heavy atom. The molecule has 0 aromatic heterocycles. The molecule has 2 heterocycles. The third kappa shape index (κ3) is 5.79. The summed E-state index contributed by atoms with van der Waals surface area (Å²) < 4.78 is 0. The van der Waals surface area contributed by atoms with Crippen LogP contribution in [0.3, 0.4) is 0 Å². The summed E-state index contributed by atoms with van der Waals surface area (Å²) in [6, 6.07) is 0. The molecule has 0 amide bonds. The highest BCUT2D eigenvalue weighted by atomic mass is 16.6. The van der Waals surface area contributed by atoms with Crippen molar-refractivity contribution in [3.8, 4) is 0 Å². The van der Waals surface area contributed by atoms with Gasteiger partial charge in [-0.05, 0) is 32.1 Å². The molecule has 2 aliphatic rings. The normalized spacial score (nSPS) is 18.2. The molecule has 0 aliphatic carbocycles. The van der Waals surface area contributed by atoms with Crippen LogP contribution in [0.4, 0.5) is 34.1 Å². The second kappa shape index (κ2) is 11.6. The second-order valence-corrected chi connectivity index (χ2v) is 8.65. The van der Waals surface area contributed by atoms with Crippen molar-refractivity contribution in [3.63, 3.8) is 0 Å². The van der Waals surface area contributed by atoms with Crippen LogP contribution in [0.1, 0.15) is 70.6 Å². The van der Waals surface area contributed by atoms with Crippen LogP contribution in [0, 0.1) is 30.3 Å². The largest absolute Gasteiger partial charge is 0.374 e. The number of fused-ring (bicyclic) bond motifs is 2. The third-order valence-electron chi connectivity index (χ3n) is 6.32. The fourth-order valence-electron chi connectivity index (χ4n) is 4.73. The van der Waals surface area contributed by atoms with E-state index < -0.39 is 31.8 Å². The van der Waals surface area contributed by atoms with Crippen LogP contribution in [-0.4, -0.2) is 40.9 Å². The van der Waals surface area contributed by atoms with Gasteiger partial charge >= 0.3 is 17.1 Å². The number of nitrogens with one attached hydrogen (secondary N) is 2. The number of hydrogen-bond donors (Lipinski definition) is 2. The lowest BCUT2D eigenvalue weighted by atomic mass is 10.0. The summed E-state index contributed by atoms with van der Waals surface area (Å²) in [4.78, 5) is 36.0. The van der Waals surface area contributed by atoms with E-state index in [2.05, 4.69) is 10.6 Å². The predicted molar refractivity (Wildman–Crippen MR) is 126 cm³/mol. The molecule has 12 heteroatoms. The quantitative estimate of drug-likeness (QED) is 0.442. The maximum Gasteiger partial charge on any atom is 0.329 e. The molecule has 182 valence electrons. The van der Waals surface area contributed by atoms with E-state index in [0.29, 0.717) is 39.0 Å². The van der Waals surface area contributed by atoms with Crippen LogP contribution in [0.25, 0.3) is 0 Å². The minimum atomic E-state index is -0.747. The van der Waals surface area contributed by atoms with E-state index in [9.17, 15) is 30.3 Å². The highest BCUT2D eigenvalue weighted by molar-refractivity contribution is 6.00. The van der Waals surface area contributed by atoms with Crippen LogP contribution in [-0.2, 0) is 0 Å². The van der Waals surface area contributed by atoms with E-state index in [1.807, 2.05) is 0 Å². The Kier molecular flexibility index (Phi) is 8.61. The van der Waals surface area contributed by atoms with Gasteiger partial charge in [-0.15, -0.1) is 0 Å². The van der Waals surface area contributed by atoms with Gasteiger partial charge in [-0.3, -0.25) is 30.3 Å². The van der Waals surface area contributed by atoms with Crippen LogP contribution in [0.5, 0.6) is 0 Å². The Hall–Kier alpha value is -3.18. The van der Waals surface area contributed by atoms with Crippen LogP contribution in [0.15, 0.2) is 0 Å². The SMILES string of the molecule is O=[N+]([O-])c1c2c([N+](=O)[O-])c(N3CCCCC3)c([N+](=O)[O-])c1NCCCCCCCCCCN2. The van der Waals surface area contributed by atoms with Crippen molar-refractivity contribution in [1.29, 1.82) is 0 Å². The van der Waals surface area contributed by atoms with Crippen molar-refractivity contribution in [3.05, 3.63) is 30.3 Å². The minimum absolute atomic E-state index is 0.135. The zero-order valence-corrected chi connectivity index (χ0v) is 18.8. The number of piperidine rings is 1. The zero-order chi connectivity index (χ0) is 23.8. The Balaban J connectivity index is 2.24. The first kappa shape index (κ1) is 24.5. The van der Waals surface area contributed by atoms with Gasteiger partial charge in [-0.2, -0.15) is 0 Å². The first-order valence-corrected chi connectivity index (χ1v) is 11.8. The summed E-state index contributed by atoms with van der Waals surface area (Å²) in [5.74, 6) is 0. The molecular formula is C21H32N6O6. The Morgan fingerprint density at radius 1 is 0.545 bits per heavy atom. The highest BCUT2D eigenvalue weighted by Crippen LogP contribution is 2.54. The number of nitro groups is 3. The van der Waals surface area contributed by atoms with Crippen molar-refractivity contribution in [2.75, 3.05) is 41.7 Å². The van der Waals surface area contributed by atoms with Crippen molar-refractivity contribution in [2.24, 2.45) is 0 Å². The van der Waals surface area contributed by atoms with Crippen molar-refractivity contribution >= 4 is 34.1 Å². The van der Waals surface area contributed by atoms with Gasteiger partial charge in [0.1, 0.15) is 0 Å². The molecule has 0 atom stereocenters. The highest BCUT2D eigenvalue weighted by Gasteiger charge is 2.44. The number of benzene rings is 1. The molecule has 12 nitrogen and oxygen atoms in total. The summed E-state index contributed by atoms with van der Waals surface area (Å²) in [7, 11) is 0. The summed E-state index contributed by atoms with van der Waals surface area (Å²) in [6.45, 7) is 1.49. The molecule has 0 unspecified atom stereocenters. The monoisotopic (exact) mass is 464 g/mol. The molecule has 3 rings (SSSR count). The second-order valence-electron chi connectivity index (χ2n) is 8.65. The Labute approximate surface area is 192 Å². The van der Waals surface area contributed by atoms with Crippen molar-refractivity contribution < 1.29 is 14.8 Å². The molecular weight excluding hydrogens is 432 g/mol. The fourth-order valence-corrected chi connectivity index (χ4v) is 4.73. The molecule has 1 aromatic carbocycles. The molecule has 0 saturated carbocycles. The predicted octanol–water partition coefficient (Wildman–Crippen LogP) is 5.36. The van der Waals surface area contributed by atoms with Gasteiger partial charge in [0, 0.05) is 26.2 Å². The number of nitrogens with zero attached hydrogens (tertiary/aromatic N) is 4. The first-order valence-electron chi connectivity index (χ1n) is 11.8.